The van der Waals surface area contributed by atoms with Crippen LogP contribution < -0.4 is 5.32 Å². The minimum Gasteiger partial charge on any atom is -0.349 e. The number of allylic oxidation sites excluding steroid dienone is 1. The quantitative estimate of drug-likeness (QED) is 0.362. The van der Waals surface area contributed by atoms with E-state index in [0.717, 1.165) is 35.9 Å². The predicted octanol–water partition coefficient (Wildman–Crippen LogP) is 4.66. The van der Waals surface area contributed by atoms with Gasteiger partial charge in [0.05, 0.1) is 11.8 Å². The summed E-state index contributed by atoms with van der Waals surface area (Å²) in [5.41, 5.74) is 2.45. The molecule has 1 aliphatic heterocycles. The topological polar surface area (TPSA) is 63.1 Å². The van der Waals surface area contributed by atoms with Crippen LogP contribution in [0.1, 0.15) is 63.0 Å². The van der Waals surface area contributed by atoms with Crippen molar-refractivity contribution in [2.45, 2.75) is 70.6 Å². The van der Waals surface area contributed by atoms with Crippen molar-refractivity contribution in [2.75, 3.05) is 25.4 Å². The molecule has 2 heterocycles. The molecule has 0 saturated carbocycles. The third kappa shape index (κ3) is 8.00. The molecule has 1 saturated heterocycles. The molecule has 2 aromatic rings. The Morgan fingerprint density at radius 3 is 2.55 bits per heavy atom. The van der Waals surface area contributed by atoms with Crippen LogP contribution in [-0.4, -0.2) is 51.0 Å². The first-order valence-electron chi connectivity index (χ1n) is 12.2. The summed E-state index contributed by atoms with van der Waals surface area (Å²) in [4.78, 5) is 15.1. The number of likely N-dealkylation sites (tertiary alicyclic amines) is 1. The number of thioether (sulfide) groups is 1. The standard InChI is InChI=1S/C26H39N5OS/c1-5-14-31-24(13-17-30-15-7-6-8-16-30)28-29-26(31)33-19-25(32)27-21(4)23-11-9-22(10-12-23)18-20(2)3/h5,9-12,20-21H,1,6-8,13-19H2,2-4H3,(H,27,32)/t21-/m1/s1. The summed E-state index contributed by atoms with van der Waals surface area (Å²) in [5.74, 6) is 1.93. The van der Waals surface area contributed by atoms with Gasteiger partial charge in [-0.05, 0) is 56.3 Å². The zero-order valence-corrected chi connectivity index (χ0v) is 21.2. The Morgan fingerprint density at radius 2 is 1.88 bits per heavy atom. The molecule has 0 aliphatic carbocycles. The zero-order chi connectivity index (χ0) is 23.6. The second-order valence-electron chi connectivity index (χ2n) is 9.37. The summed E-state index contributed by atoms with van der Waals surface area (Å²) in [6.07, 6.45) is 7.73. The van der Waals surface area contributed by atoms with Gasteiger partial charge in [-0.2, -0.15) is 0 Å². The fourth-order valence-corrected chi connectivity index (χ4v) is 5.05. The number of carbonyl (C=O) groups excluding carboxylic acids is 1. The number of carbonyl (C=O) groups is 1. The third-order valence-corrected chi connectivity index (χ3v) is 7.01. The highest BCUT2D eigenvalue weighted by molar-refractivity contribution is 7.99. The highest BCUT2D eigenvalue weighted by Crippen LogP contribution is 2.20. The maximum Gasteiger partial charge on any atom is 0.230 e. The van der Waals surface area contributed by atoms with Crippen LogP contribution in [0.25, 0.3) is 0 Å². The molecule has 0 spiro atoms. The SMILES string of the molecule is C=CCn1c(CCN2CCCCC2)nnc1SCC(=O)N[C@H](C)c1ccc(CC(C)C)cc1. The monoisotopic (exact) mass is 469 g/mol. The fourth-order valence-electron chi connectivity index (χ4n) is 4.27. The Bertz CT molecular complexity index is 887. The van der Waals surface area contributed by atoms with E-state index < -0.39 is 0 Å². The number of hydrogen-bond donors (Lipinski definition) is 1. The summed E-state index contributed by atoms with van der Waals surface area (Å²) < 4.78 is 2.09. The lowest BCUT2D eigenvalue weighted by molar-refractivity contribution is -0.119. The first kappa shape index (κ1) is 25.5. The van der Waals surface area contributed by atoms with E-state index >= 15 is 0 Å². The van der Waals surface area contributed by atoms with Gasteiger partial charge in [-0.15, -0.1) is 16.8 Å². The van der Waals surface area contributed by atoms with Crippen LogP contribution in [0.5, 0.6) is 0 Å². The van der Waals surface area contributed by atoms with Crippen molar-refractivity contribution in [1.82, 2.24) is 25.0 Å². The van der Waals surface area contributed by atoms with Crippen molar-refractivity contribution >= 4 is 17.7 Å². The average Bonchev–Trinajstić information content (AvgIpc) is 3.19. The Labute approximate surface area is 203 Å². The Morgan fingerprint density at radius 1 is 1.15 bits per heavy atom. The number of amides is 1. The van der Waals surface area contributed by atoms with E-state index in [9.17, 15) is 4.79 Å². The van der Waals surface area contributed by atoms with E-state index in [0.29, 0.717) is 18.2 Å². The van der Waals surface area contributed by atoms with Gasteiger partial charge in [0.15, 0.2) is 5.16 Å². The van der Waals surface area contributed by atoms with E-state index in [1.165, 1.54) is 49.7 Å². The molecule has 6 nitrogen and oxygen atoms in total. The van der Waals surface area contributed by atoms with Crippen LogP contribution in [0.3, 0.4) is 0 Å². The lowest BCUT2D eigenvalue weighted by atomic mass is 10.00. The van der Waals surface area contributed by atoms with E-state index in [4.69, 9.17) is 0 Å². The second-order valence-corrected chi connectivity index (χ2v) is 10.3. The van der Waals surface area contributed by atoms with Crippen LogP contribution in [0, 0.1) is 5.92 Å². The normalized spacial score (nSPS) is 15.5. The van der Waals surface area contributed by atoms with Crippen LogP contribution >= 0.6 is 11.8 Å². The van der Waals surface area contributed by atoms with Crippen molar-refractivity contribution in [3.8, 4) is 0 Å². The highest BCUT2D eigenvalue weighted by atomic mass is 32.2. The van der Waals surface area contributed by atoms with Gasteiger partial charge in [0, 0.05) is 19.5 Å². The van der Waals surface area contributed by atoms with Gasteiger partial charge in [0.2, 0.25) is 5.91 Å². The van der Waals surface area contributed by atoms with Crippen LogP contribution in [-0.2, 0) is 24.2 Å². The van der Waals surface area contributed by atoms with Crippen LogP contribution in [0.2, 0.25) is 0 Å². The molecule has 1 aromatic carbocycles. The molecule has 0 unspecified atom stereocenters. The maximum atomic E-state index is 12.6. The molecule has 3 rings (SSSR count). The van der Waals surface area contributed by atoms with E-state index in [1.807, 2.05) is 13.0 Å². The van der Waals surface area contributed by atoms with E-state index in [-0.39, 0.29) is 11.9 Å². The minimum absolute atomic E-state index is 0.00165. The van der Waals surface area contributed by atoms with Crippen molar-refractivity contribution < 1.29 is 4.79 Å². The summed E-state index contributed by atoms with van der Waals surface area (Å²) in [6.45, 7) is 14.4. The third-order valence-electron chi connectivity index (χ3n) is 6.04. The van der Waals surface area contributed by atoms with Crippen LogP contribution in [0.15, 0.2) is 42.1 Å². The summed E-state index contributed by atoms with van der Waals surface area (Å²) in [7, 11) is 0. The van der Waals surface area contributed by atoms with Gasteiger partial charge in [-0.25, -0.2) is 0 Å². The van der Waals surface area contributed by atoms with Crippen molar-refractivity contribution in [2.24, 2.45) is 5.92 Å². The highest BCUT2D eigenvalue weighted by Gasteiger charge is 2.17. The van der Waals surface area contributed by atoms with Gasteiger partial charge in [0.25, 0.3) is 0 Å². The fraction of sp³-hybridized carbons (Fsp3) is 0.577. The number of piperidine rings is 1. The van der Waals surface area contributed by atoms with Gasteiger partial charge in [-0.3, -0.25) is 4.79 Å². The summed E-state index contributed by atoms with van der Waals surface area (Å²) >= 11 is 1.44. The molecular weight excluding hydrogens is 430 g/mol. The van der Waals surface area contributed by atoms with Gasteiger partial charge >= 0.3 is 0 Å². The molecule has 0 bridgehead atoms. The van der Waals surface area contributed by atoms with Gasteiger partial charge in [-0.1, -0.05) is 62.4 Å². The molecule has 1 fully saturated rings. The summed E-state index contributed by atoms with van der Waals surface area (Å²) in [6, 6.07) is 8.53. The lowest BCUT2D eigenvalue weighted by Gasteiger charge is -2.26. The number of aromatic nitrogens is 3. The number of hydrogen-bond acceptors (Lipinski definition) is 5. The molecule has 1 aromatic heterocycles. The maximum absolute atomic E-state index is 12.6. The van der Waals surface area contributed by atoms with Gasteiger partial charge in [0.1, 0.15) is 5.82 Å². The van der Waals surface area contributed by atoms with Crippen molar-refractivity contribution in [1.29, 1.82) is 0 Å². The Kier molecular flexibility index (Phi) is 10.0. The molecule has 1 aliphatic rings. The van der Waals surface area contributed by atoms with Crippen molar-refractivity contribution in [3.63, 3.8) is 0 Å². The number of rotatable bonds is 12. The predicted molar refractivity (Wildman–Crippen MR) is 136 cm³/mol. The molecule has 7 heteroatoms. The molecule has 1 N–H and O–H groups in total. The largest absolute Gasteiger partial charge is 0.349 e. The minimum atomic E-state index is -0.0302. The number of benzene rings is 1. The molecular formula is C26H39N5OS. The summed E-state index contributed by atoms with van der Waals surface area (Å²) in [5, 5.41) is 12.7. The molecule has 33 heavy (non-hydrogen) atoms. The number of nitrogens with one attached hydrogen (secondary N) is 1. The Hall–Kier alpha value is -2.12. The van der Waals surface area contributed by atoms with Crippen LogP contribution in [0.4, 0.5) is 0 Å². The molecule has 1 amide bonds. The molecule has 1 atom stereocenters. The van der Waals surface area contributed by atoms with Gasteiger partial charge < -0.3 is 14.8 Å². The first-order chi connectivity index (χ1) is 16.0. The molecule has 0 radical (unpaired) electrons. The molecule has 180 valence electrons. The zero-order valence-electron chi connectivity index (χ0n) is 20.4. The second kappa shape index (κ2) is 12.9. The first-order valence-corrected chi connectivity index (χ1v) is 13.2. The average molecular weight is 470 g/mol. The Balaban J connectivity index is 1.51. The van der Waals surface area contributed by atoms with E-state index in [1.54, 1.807) is 0 Å². The number of nitrogens with zero attached hydrogens (tertiary/aromatic N) is 4. The van der Waals surface area contributed by atoms with Crippen molar-refractivity contribution in [3.05, 3.63) is 53.9 Å². The van der Waals surface area contributed by atoms with E-state index in [2.05, 4.69) is 69.7 Å². The lowest BCUT2D eigenvalue weighted by Crippen LogP contribution is -2.32. The smallest absolute Gasteiger partial charge is 0.230 e.